The number of fused-ring (bicyclic) bond motifs is 1. The molecule has 0 aliphatic carbocycles. The molecule has 0 saturated heterocycles. The predicted molar refractivity (Wildman–Crippen MR) is 50.9 cm³/mol. The van der Waals surface area contributed by atoms with E-state index in [2.05, 4.69) is 5.32 Å². The van der Waals surface area contributed by atoms with E-state index in [9.17, 15) is 9.59 Å². The molecule has 0 unspecified atom stereocenters. The normalized spacial score (nSPS) is 13.8. The Morgan fingerprint density at radius 1 is 1.54 bits per heavy atom. The van der Waals surface area contributed by atoms with Crippen LogP contribution in [0.1, 0.15) is 24.3 Å². The summed E-state index contributed by atoms with van der Waals surface area (Å²) in [4.78, 5) is 22.0. The van der Waals surface area contributed by atoms with Crippen molar-refractivity contribution in [2.24, 2.45) is 0 Å². The van der Waals surface area contributed by atoms with Crippen LogP contribution in [0.15, 0.2) is 18.2 Å². The monoisotopic (exact) mass is 177 g/mol. The fourth-order valence-electron chi connectivity index (χ4n) is 1.43. The summed E-state index contributed by atoms with van der Waals surface area (Å²) in [5, 5.41) is 2.70. The van der Waals surface area contributed by atoms with Gasteiger partial charge in [-0.2, -0.15) is 0 Å². The third-order valence-electron chi connectivity index (χ3n) is 2.14. The maximum absolute atomic E-state index is 11.0. The SMILES string of the molecule is CC(=O)c1ccc2c(c1)NC(=O)C2.[HH]. The molecular weight excluding hydrogens is 166 g/mol. The third kappa shape index (κ3) is 1.33. The second-order valence-corrected chi connectivity index (χ2v) is 3.15. The van der Waals surface area contributed by atoms with Gasteiger partial charge < -0.3 is 5.32 Å². The summed E-state index contributed by atoms with van der Waals surface area (Å²) in [5.41, 5.74) is 2.38. The van der Waals surface area contributed by atoms with Crippen LogP contribution in [0, 0.1) is 0 Å². The molecule has 1 amide bonds. The standard InChI is InChI=1S/C10H9NO2.H2/c1-6(12)7-2-3-8-5-10(13)11-9(8)4-7;/h2-4H,5H2,1H3,(H,11,13);1H. The first kappa shape index (κ1) is 7.98. The molecule has 68 valence electrons. The van der Waals surface area contributed by atoms with E-state index in [-0.39, 0.29) is 13.1 Å². The summed E-state index contributed by atoms with van der Waals surface area (Å²) >= 11 is 0. The zero-order valence-electron chi connectivity index (χ0n) is 7.26. The Morgan fingerprint density at radius 2 is 2.31 bits per heavy atom. The Kier molecular flexibility index (Phi) is 1.65. The van der Waals surface area contributed by atoms with Crippen LogP contribution in [0.3, 0.4) is 0 Å². The molecule has 1 aromatic rings. The van der Waals surface area contributed by atoms with Gasteiger partial charge in [-0.15, -0.1) is 0 Å². The van der Waals surface area contributed by atoms with Crippen LogP contribution in [0.25, 0.3) is 0 Å². The van der Waals surface area contributed by atoms with Crippen molar-refractivity contribution < 1.29 is 11.0 Å². The van der Waals surface area contributed by atoms with Gasteiger partial charge in [0.25, 0.3) is 0 Å². The highest BCUT2D eigenvalue weighted by Gasteiger charge is 2.17. The van der Waals surface area contributed by atoms with Gasteiger partial charge in [-0.3, -0.25) is 9.59 Å². The van der Waals surface area contributed by atoms with Gasteiger partial charge in [-0.25, -0.2) is 0 Å². The zero-order valence-corrected chi connectivity index (χ0v) is 7.26. The van der Waals surface area contributed by atoms with Gasteiger partial charge in [0, 0.05) is 12.7 Å². The van der Waals surface area contributed by atoms with Gasteiger partial charge in [-0.05, 0) is 18.6 Å². The summed E-state index contributed by atoms with van der Waals surface area (Å²) in [6, 6.07) is 5.30. The highest BCUT2D eigenvalue weighted by molar-refractivity contribution is 6.02. The molecule has 0 fully saturated rings. The Labute approximate surface area is 77.2 Å². The molecular formula is C10H11NO2. The number of anilines is 1. The van der Waals surface area contributed by atoms with E-state index in [1.54, 1.807) is 12.1 Å². The van der Waals surface area contributed by atoms with E-state index in [0.29, 0.717) is 12.0 Å². The van der Waals surface area contributed by atoms with Crippen molar-refractivity contribution in [2.45, 2.75) is 13.3 Å². The number of Topliss-reactive ketones (excluding diaryl/α,β-unsaturated/α-hetero) is 1. The summed E-state index contributed by atoms with van der Waals surface area (Å²) in [6.07, 6.45) is 0.424. The molecule has 0 radical (unpaired) electrons. The van der Waals surface area contributed by atoms with Crippen molar-refractivity contribution in [3.8, 4) is 0 Å². The van der Waals surface area contributed by atoms with Crippen molar-refractivity contribution in [3.05, 3.63) is 29.3 Å². The van der Waals surface area contributed by atoms with Crippen LogP contribution >= 0.6 is 0 Å². The minimum atomic E-state index is -0.00398. The van der Waals surface area contributed by atoms with Gasteiger partial charge in [-0.1, -0.05) is 12.1 Å². The number of rotatable bonds is 1. The highest BCUT2D eigenvalue weighted by atomic mass is 16.1. The average Bonchev–Trinajstić information content (AvgIpc) is 2.42. The quantitative estimate of drug-likeness (QED) is 0.662. The predicted octanol–water partition coefficient (Wildman–Crippen LogP) is 1.63. The minimum absolute atomic E-state index is 0. The van der Waals surface area contributed by atoms with Gasteiger partial charge in [0.05, 0.1) is 6.42 Å². The Morgan fingerprint density at radius 3 is 3.00 bits per heavy atom. The number of nitrogens with one attached hydrogen (secondary N) is 1. The average molecular weight is 177 g/mol. The van der Waals surface area contributed by atoms with Crippen molar-refractivity contribution >= 4 is 17.4 Å². The summed E-state index contributed by atoms with van der Waals surface area (Å²) in [6.45, 7) is 1.51. The molecule has 0 saturated carbocycles. The summed E-state index contributed by atoms with van der Waals surface area (Å²) < 4.78 is 0. The van der Waals surface area contributed by atoms with Crippen LogP contribution < -0.4 is 5.32 Å². The number of hydrogen-bond donors (Lipinski definition) is 1. The number of hydrogen-bond acceptors (Lipinski definition) is 2. The van der Waals surface area contributed by atoms with Gasteiger partial charge in [0.15, 0.2) is 5.78 Å². The first-order chi connectivity index (χ1) is 6.16. The fourth-order valence-corrected chi connectivity index (χ4v) is 1.43. The lowest BCUT2D eigenvalue weighted by Crippen LogP contribution is -2.03. The molecule has 0 atom stereocenters. The molecule has 3 heteroatoms. The Balaban J connectivity index is 0.000000980. The van der Waals surface area contributed by atoms with E-state index in [1.165, 1.54) is 6.92 Å². The second kappa shape index (κ2) is 2.69. The van der Waals surface area contributed by atoms with Crippen LogP contribution in [-0.4, -0.2) is 11.7 Å². The van der Waals surface area contributed by atoms with Crippen molar-refractivity contribution in [1.29, 1.82) is 0 Å². The molecule has 2 rings (SSSR count). The molecule has 0 spiro atoms. The molecule has 13 heavy (non-hydrogen) atoms. The smallest absolute Gasteiger partial charge is 0.228 e. The molecule has 0 bridgehead atoms. The lowest BCUT2D eigenvalue weighted by molar-refractivity contribution is -0.115. The van der Waals surface area contributed by atoms with Gasteiger partial charge >= 0.3 is 0 Å². The number of benzene rings is 1. The molecule has 1 heterocycles. The van der Waals surface area contributed by atoms with Crippen molar-refractivity contribution in [2.75, 3.05) is 5.32 Å². The van der Waals surface area contributed by atoms with Crippen LogP contribution in [-0.2, 0) is 11.2 Å². The number of carbonyl (C=O) groups excluding carboxylic acids is 2. The molecule has 1 aliphatic heterocycles. The first-order valence-corrected chi connectivity index (χ1v) is 4.10. The van der Waals surface area contributed by atoms with E-state index in [0.717, 1.165) is 11.3 Å². The molecule has 0 aromatic heterocycles. The van der Waals surface area contributed by atoms with E-state index in [1.807, 2.05) is 6.07 Å². The summed E-state index contributed by atoms with van der Waals surface area (Å²) in [7, 11) is 0. The summed E-state index contributed by atoms with van der Waals surface area (Å²) in [5.74, 6) is 0.0136. The van der Waals surface area contributed by atoms with E-state index in [4.69, 9.17) is 0 Å². The lowest BCUT2D eigenvalue weighted by atomic mass is 10.1. The van der Waals surface area contributed by atoms with Gasteiger partial charge in [0.1, 0.15) is 0 Å². The number of ketones is 1. The molecule has 1 aromatic carbocycles. The Bertz CT molecular complexity index is 401. The molecule has 1 N–H and O–H groups in total. The Hall–Kier alpha value is -1.64. The van der Waals surface area contributed by atoms with Gasteiger partial charge in [0.2, 0.25) is 5.91 Å². The fraction of sp³-hybridized carbons (Fsp3) is 0.200. The molecule has 3 nitrogen and oxygen atoms in total. The lowest BCUT2D eigenvalue weighted by Gasteiger charge is -2.00. The van der Waals surface area contributed by atoms with E-state index >= 15 is 0 Å². The van der Waals surface area contributed by atoms with Crippen LogP contribution in [0.5, 0.6) is 0 Å². The van der Waals surface area contributed by atoms with Crippen LogP contribution in [0.2, 0.25) is 0 Å². The third-order valence-corrected chi connectivity index (χ3v) is 2.14. The maximum Gasteiger partial charge on any atom is 0.228 e. The second-order valence-electron chi connectivity index (χ2n) is 3.15. The van der Waals surface area contributed by atoms with Crippen molar-refractivity contribution in [1.82, 2.24) is 0 Å². The zero-order chi connectivity index (χ0) is 9.42. The minimum Gasteiger partial charge on any atom is -0.326 e. The first-order valence-electron chi connectivity index (χ1n) is 4.10. The highest BCUT2D eigenvalue weighted by Crippen LogP contribution is 2.23. The van der Waals surface area contributed by atoms with Crippen LogP contribution in [0.4, 0.5) is 5.69 Å². The largest absolute Gasteiger partial charge is 0.326 e. The number of carbonyl (C=O) groups is 2. The maximum atomic E-state index is 11.0. The topological polar surface area (TPSA) is 46.2 Å². The van der Waals surface area contributed by atoms with E-state index < -0.39 is 0 Å². The number of amides is 1. The van der Waals surface area contributed by atoms with Crippen molar-refractivity contribution in [3.63, 3.8) is 0 Å². The molecule has 1 aliphatic rings.